The standard InChI is InChI=1S/C15H29NO2/c1-13(2,3)10-16(8)9-11-12(17)15(6,7)18-14(11,4)5/h11H,9-10H2,1-8H3. The predicted molar refractivity (Wildman–Crippen MR) is 74.7 cm³/mol. The summed E-state index contributed by atoms with van der Waals surface area (Å²) in [6.07, 6.45) is 0. The van der Waals surface area contributed by atoms with Crippen molar-refractivity contribution in [2.24, 2.45) is 11.3 Å². The van der Waals surface area contributed by atoms with Crippen molar-refractivity contribution in [2.75, 3.05) is 20.1 Å². The highest BCUT2D eigenvalue weighted by Crippen LogP contribution is 2.39. The molecule has 1 atom stereocenters. The second-order valence-electron chi connectivity index (χ2n) is 7.89. The first-order valence-corrected chi connectivity index (χ1v) is 6.78. The Balaban J connectivity index is 2.75. The van der Waals surface area contributed by atoms with Crippen molar-refractivity contribution in [3.8, 4) is 0 Å². The molecule has 106 valence electrons. The van der Waals surface area contributed by atoms with E-state index in [1.165, 1.54) is 0 Å². The molecule has 1 saturated heterocycles. The molecule has 0 aromatic heterocycles. The van der Waals surface area contributed by atoms with Crippen molar-refractivity contribution >= 4 is 5.78 Å². The Bertz CT molecular complexity index is 326. The highest BCUT2D eigenvalue weighted by Gasteiger charge is 2.53. The highest BCUT2D eigenvalue weighted by molar-refractivity contribution is 5.91. The molecular weight excluding hydrogens is 226 g/mol. The minimum absolute atomic E-state index is 0.0418. The lowest BCUT2D eigenvalue weighted by atomic mass is 9.85. The molecule has 0 aromatic rings. The van der Waals surface area contributed by atoms with E-state index >= 15 is 0 Å². The Morgan fingerprint density at radius 3 is 2.06 bits per heavy atom. The number of hydrogen-bond acceptors (Lipinski definition) is 3. The topological polar surface area (TPSA) is 29.5 Å². The Kier molecular flexibility index (Phi) is 4.00. The number of ether oxygens (including phenoxy) is 1. The maximum atomic E-state index is 12.4. The van der Waals surface area contributed by atoms with E-state index in [4.69, 9.17) is 4.74 Å². The summed E-state index contributed by atoms with van der Waals surface area (Å²) in [5.74, 6) is 0.188. The zero-order chi connectivity index (χ0) is 14.4. The van der Waals surface area contributed by atoms with Crippen LogP contribution in [-0.2, 0) is 9.53 Å². The average Bonchev–Trinajstić information content (AvgIpc) is 2.20. The zero-order valence-corrected chi connectivity index (χ0v) is 13.3. The third-order valence-corrected chi connectivity index (χ3v) is 3.51. The van der Waals surface area contributed by atoms with Gasteiger partial charge in [0, 0.05) is 13.1 Å². The van der Waals surface area contributed by atoms with Gasteiger partial charge in [-0.3, -0.25) is 4.79 Å². The lowest BCUT2D eigenvalue weighted by molar-refractivity contribution is -0.132. The molecule has 0 N–H and O–H groups in total. The molecule has 18 heavy (non-hydrogen) atoms. The van der Waals surface area contributed by atoms with Crippen LogP contribution in [0.5, 0.6) is 0 Å². The van der Waals surface area contributed by atoms with E-state index in [1.807, 2.05) is 27.7 Å². The summed E-state index contributed by atoms with van der Waals surface area (Å²) in [6.45, 7) is 16.2. The van der Waals surface area contributed by atoms with Gasteiger partial charge in [0.25, 0.3) is 0 Å². The number of nitrogens with zero attached hydrogens (tertiary/aromatic N) is 1. The van der Waals surface area contributed by atoms with E-state index in [0.717, 1.165) is 13.1 Å². The fourth-order valence-corrected chi connectivity index (χ4v) is 3.00. The van der Waals surface area contributed by atoms with Crippen LogP contribution in [0, 0.1) is 11.3 Å². The van der Waals surface area contributed by atoms with Gasteiger partial charge in [0.2, 0.25) is 0 Å². The van der Waals surface area contributed by atoms with E-state index < -0.39 is 5.60 Å². The van der Waals surface area contributed by atoms with Crippen molar-refractivity contribution in [2.45, 2.75) is 59.7 Å². The summed E-state index contributed by atoms with van der Waals surface area (Å²) in [5.41, 5.74) is -0.764. The Morgan fingerprint density at radius 2 is 1.72 bits per heavy atom. The average molecular weight is 255 g/mol. The number of ketones is 1. The van der Waals surface area contributed by atoms with Crippen molar-refractivity contribution in [3.63, 3.8) is 0 Å². The van der Waals surface area contributed by atoms with E-state index in [2.05, 4.69) is 32.7 Å². The molecule has 0 bridgehead atoms. The van der Waals surface area contributed by atoms with Crippen LogP contribution >= 0.6 is 0 Å². The maximum Gasteiger partial charge on any atom is 0.171 e. The van der Waals surface area contributed by atoms with Crippen molar-refractivity contribution in [1.82, 2.24) is 4.90 Å². The predicted octanol–water partition coefficient (Wildman–Crippen LogP) is 2.74. The van der Waals surface area contributed by atoms with E-state index in [1.54, 1.807) is 0 Å². The normalized spacial score (nSPS) is 26.9. The minimum atomic E-state index is -0.642. The Morgan fingerprint density at radius 1 is 1.22 bits per heavy atom. The summed E-state index contributed by atoms with van der Waals surface area (Å²) in [5, 5.41) is 0. The van der Waals surface area contributed by atoms with Crippen LogP contribution in [0.2, 0.25) is 0 Å². The van der Waals surface area contributed by atoms with Gasteiger partial charge in [0.1, 0.15) is 5.60 Å². The van der Waals surface area contributed by atoms with Gasteiger partial charge >= 0.3 is 0 Å². The third kappa shape index (κ3) is 3.55. The number of carbonyl (C=O) groups excluding carboxylic acids is 1. The lowest BCUT2D eigenvalue weighted by Gasteiger charge is -2.32. The minimum Gasteiger partial charge on any atom is -0.361 e. The van der Waals surface area contributed by atoms with Crippen LogP contribution in [0.1, 0.15) is 48.5 Å². The second-order valence-corrected chi connectivity index (χ2v) is 7.89. The molecule has 3 nitrogen and oxygen atoms in total. The van der Waals surface area contributed by atoms with Gasteiger partial charge in [0.05, 0.1) is 11.5 Å². The van der Waals surface area contributed by atoms with Crippen LogP contribution in [0.15, 0.2) is 0 Å². The lowest BCUT2D eigenvalue weighted by Crippen LogP contribution is -2.42. The molecule has 1 heterocycles. The van der Waals surface area contributed by atoms with E-state index in [-0.39, 0.29) is 22.7 Å². The fraction of sp³-hybridized carbons (Fsp3) is 0.933. The van der Waals surface area contributed by atoms with Gasteiger partial charge in [-0.1, -0.05) is 20.8 Å². The maximum absolute atomic E-state index is 12.4. The molecule has 1 unspecified atom stereocenters. The molecule has 3 heteroatoms. The SMILES string of the molecule is CN(CC1C(=O)C(C)(C)OC1(C)C)CC(C)(C)C. The number of hydrogen-bond donors (Lipinski definition) is 0. The van der Waals surface area contributed by atoms with Crippen LogP contribution in [0.3, 0.4) is 0 Å². The first kappa shape index (κ1) is 15.6. The first-order chi connectivity index (χ1) is 7.85. The molecule has 1 fully saturated rings. The Hall–Kier alpha value is -0.410. The summed E-state index contributed by atoms with van der Waals surface area (Å²) < 4.78 is 5.92. The summed E-state index contributed by atoms with van der Waals surface area (Å²) in [6, 6.07) is 0. The molecule has 1 aliphatic heterocycles. The summed E-state index contributed by atoms with van der Waals surface area (Å²) in [7, 11) is 2.08. The number of Topliss-reactive ketones (excluding diaryl/α,β-unsaturated/α-hetero) is 1. The molecule has 0 spiro atoms. The van der Waals surface area contributed by atoms with Gasteiger partial charge in [-0.25, -0.2) is 0 Å². The number of rotatable bonds is 3. The zero-order valence-electron chi connectivity index (χ0n) is 13.3. The molecule has 1 aliphatic rings. The van der Waals surface area contributed by atoms with Crippen molar-refractivity contribution in [3.05, 3.63) is 0 Å². The molecule has 0 saturated carbocycles. The first-order valence-electron chi connectivity index (χ1n) is 6.78. The quantitative estimate of drug-likeness (QED) is 0.776. The smallest absolute Gasteiger partial charge is 0.171 e. The van der Waals surface area contributed by atoms with Crippen LogP contribution in [0.4, 0.5) is 0 Å². The fourth-order valence-electron chi connectivity index (χ4n) is 3.00. The molecule has 0 aliphatic carbocycles. The van der Waals surface area contributed by atoms with Gasteiger partial charge in [-0.2, -0.15) is 0 Å². The largest absolute Gasteiger partial charge is 0.361 e. The third-order valence-electron chi connectivity index (χ3n) is 3.51. The Labute approximate surface area is 112 Å². The van der Waals surface area contributed by atoms with E-state index in [0.29, 0.717) is 0 Å². The van der Waals surface area contributed by atoms with E-state index in [9.17, 15) is 4.79 Å². The van der Waals surface area contributed by atoms with Gasteiger partial charge in [-0.15, -0.1) is 0 Å². The summed E-state index contributed by atoms with van der Waals surface area (Å²) in [4.78, 5) is 14.6. The van der Waals surface area contributed by atoms with Gasteiger partial charge in [-0.05, 0) is 40.2 Å². The van der Waals surface area contributed by atoms with Gasteiger partial charge in [0.15, 0.2) is 5.78 Å². The van der Waals surface area contributed by atoms with Crippen LogP contribution in [-0.4, -0.2) is 42.0 Å². The monoisotopic (exact) mass is 255 g/mol. The molecule has 0 amide bonds. The molecule has 0 radical (unpaired) electrons. The number of carbonyl (C=O) groups is 1. The summed E-state index contributed by atoms with van der Waals surface area (Å²) >= 11 is 0. The highest BCUT2D eigenvalue weighted by atomic mass is 16.5. The van der Waals surface area contributed by atoms with Crippen LogP contribution < -0.4 is 0 Å². The van der Waals surface area contributed by atoms with Crippen molar-refractivity contribution in [1.29, 1.82) is 0 Å². The van der Waals surface area contributed by atoms with Gasteiger partial charge < -0.3 is 9.64 Å². The second kappa shape index (κ2) is 4.61. The van der Waals surface area contributed by atoms with Crippen LogP contribution in [0.25, 0.3) is 0 Å². The molecular formula is C15H29NO2. The molecule has 0 aromatic carbocycles. The molecule has 1 rings (SSSR count). The van der Waals surface area contributed by atoms with Crippen molar-refractivity contribution < 1.29 is 9.53 Å².